The Balaban J connectivity index is 2.69. The zero-order valence-corrected chi connectivity index (χ0v) is 10.5. The van der Waals surface area contributed by atoms with Crippen molar-refractivity contribution in [3.63, 3.8) is 0 Å². The van der Waals surface area contributed by atoms with Crippen molar-refractivity contribution >= 4 is 39.2 Å². The minimum atomic E-state index is -4.63. The smallest absolute Gasteiger partial charge is 0.282 e. The first kappa shape index (κ1) is 13.0. The Morgan fingerprint density at radius 3 is 2.22 bits per heavy atom. The van der Waals surface area contributed by atoms with Crippen LogP contribution in [0.5, 0.6) is 0 Å². The van der Waals surface area contributed by atoms with Gasteiger partial charge < -0.3 is 0 Å². The Labute approximate surface area is 108 Å². The molecule has 1 aliphatic heterocycles. The van der Waals surface area contributed by atoms with E-state index in [0.717, 1.165) is 4.90 Å². The molecule has 96 valence electrons. The van der Waals surface area contributed by atoms with Crippen molar-refractivity contribution in [2.45, 2.75) is 17.7 Å². The summed E-state index contributed by atoms with van der Waals surface area (Å²) in [4.78, 5) is 23.2. The molecule has 1 aromatic rings. The van der Waals surface area contributed by atoms with Crippen molar-refractivity contribution in [3.05, 3.63) is 23.2 Å². The Kier molecular flexibility index (Phi) is 3.14. The van der Waals surface area contributed by atoms with Gasteiger partial charge in [0.2, 0.25) is 11.8 Å². The largest absolute Gasteiger partial charge is 0.298 e. The molecule has 0 bridgehead atoms. The van der Waals surface area contributed by atoms with Crippen LogP contribution in [0.4, 0.5) is 5.69 Å². The van der Waals surface area contributed by atoms with E-state index >= 15 is 0 Å². The minimum absolute atomic E-state index is 0.0102. The number of imide groups is 1. The van der Waals surface area contributed by atoms with Crippen molar-refractivity contribution in [1.29, 1.82) is 0 Å². The monoisotopic (exact) mass is 289 g/mol. The highest BCUT2D eigenvalue weighted by Gasteiger charge is 2.34. The Morgan fingerprint density at radius 2 is 1.72 bits per heavy atom. The standard InChI is InChI=1S/C10H8ClNO5S/c11-6-2-1-3-7(10(6)18(15,16)17)12-8(13)4-5-9(12)14/h1-3H,4-5H2,(H,15,16,17). The second kappa shape index (κ2) is 4.34. The second-order valence-corrected chi connectivity index (χ2v) is 5.45. The molecule has 1 aliphatic rings. The lowest BCUT2D eigenvalue weighted by Crippen LogP contribution is -2.30. The van der Waals surface area contributed by atoms with E-state index in [0.29, 0.717) is 0 Å². The molecule has 2 amide bonds. The van der Waals surface area contributed by atoms with Gasteiger partial charge in [0.05, 0.1) is 10.7 Å². The van der Waals surface area contributed by atoms with Crippen molar-refractivity contribution in [3.8, 4) is 0 Å². The highest BCUT2D eigenvalue weighted by molar-refractivity contribution is 7.86. The van der Waals surface area contributed by atoms with E-state index in [1.165, 1.54) is 18.2 Å². The van der Waals surface area contributed by atoms with Gasteiger partial charge in [0.15, 0.2) is 0 Å². The third kappa shape index (κ3) is 2.12. The summed E-state index contributed by atoms with van der Waals surface area (Å²) in [6.07, 6.45) is 0.0204. The van der Waals surface area contributed by atoms with E-state index < -0.39 is 26.8 Å². The van der Waals surface area contributed by atoms with E-state index in [-0.39, 0.29) is 23.6 Å². The maximum atomic E-state index is 11.6. The molecule has 0 aliphatic carbocycles. The average Bonchev–Trinajstić information content (AvgIpc) is 2.56. The number of carbonyl (C=O) groups is 2. The van der Waals surface area contributed by atoms with Crippen molar-refractivity contribution in [2.24, 2.45) is 0 Å². The van der Waals surface area contributed by atoms with E-state index in [2.05, 4.69) is 0 Å². The summed E-state index contributed by atoms with van der Waals surface area (Å²) in [5.41, 5.74) is -0.211. The summed E-state index contributed by atoms with van der Waals surface area (Å²) in [5, 5.41) is -0.248. The van der Waals surface area contributed by atoms with Gasteiger partial charge in [-0.05, 0) is 12.1 Å². The molecule has 1 aromatic carbocycles. The van der Waals surface area contributed by atoms with Gasteiger partial charge in [0.25, 0.3) is 10.1 Å². The van der Waals surface area contributed by atoms with E-state index in [9.17, 15) is 18.0 Å². The number of hydrogen-bond donors (Lipinski definition) is 1. The number of anilines is 1. The number of rotatable bonds is 2. The number of nitrogens with zero attached hydrogens (tertiary/aromatic N) is 1. The summed E-state index contributed by atoms with van der Waals surface area (Å²) < 4.78 is 31.7. The lowest BCUT2D eigenvalue weighted by Gasteiger charge is -2.17. The lowest BCUT2D eigenvalue weighted by molar-refractivity contribution is -0.121. The maximum Gasteiger partial charge on any atom is 0.298 e. The molecule has 0 saturated carbocycles. The number of hydrogen-bond acceptors (Lipinski definition) is 4. The van der Waals surface area contributed by atoms with Crippen LogP contribution in [-0.2, 0) is 19.7 Å². The highest BCUT2D eigenvalue weighted by Crippen LogP contribution is 2.34. The Hall–Kier alpha value is -1.44. The van der Waals surface area contributed by atoms with Crippen molar-refractivity contribution in [1.82, 2.24) is 0 Å². The summed E-state index contributed by atoms with van der Waals surface area (Å²) in [5.74, 6) is -1.04. The normalized spacial score (nSPS) is 16.4. The van der Waals surface area contributed by atoms with Crippen LogP contribution in [0, 0.1) is 0 Å². The predicted molar refractivity (Wildman–Crippen MR) is 63.0 cm³/mol. The van der Waals surface area contributed by atoms with Crippen molar-refractivity contribution in [2.75, 3.05) is 4.90 Å². The van der Waals surface area contributed by atoms with Gasteiger partial charge in [-0.1, -0.05) is 17.7 Å². The van der Waals surface area contributed by atoms with Crippen LogP contribution in [0.3, 0.4) is 0 Å². The second-order valence-electron chi connectivity index (χ2n) is 3.69. The summed E-state index contributed by atoms with van der Waals surface area (Å²) in [6, 6.07) is 3.89. The number of benzene rings is 1. The molecular formula is C10H8ClNO5S. The molecule has 0 unspecified atom stereocenters. The highest BCUT2D eigenvalue weighted by atomic mass is 35.5. The number of carbonyl (C=O) groups excluding carboxylic acids is 2. The quantitative estimate of drug-likeness (QED) is 0.653. The molecule has 1 heterocycles. The van der Waals surface area contributed by atoms with Gasteiger partial charge in [-0.2, -0.15) is 8.42 Å². The third-order valence-corrected chi connectivity index (χ3v) is 3.87. The fourth-order valence-corrected chi connectivity index (χ4v) is 2.97. The molecule has 1 fully saturated rings. The van der Waals surface area contributed by atoms with Gasteiger partial charge in [0, 0.05) is 12.8 Å². The average molecular weight is 290 g/mol. The SMILES string of the molecule is O=C1CCC(=O)N1c1cccc(Cl)c1S(=O)(=O)O. The zero-order valence-electron chi connectivity index (χ0n) is 8.96. The molecule has 6 nitrogen and oxygen atoms in total. The fourth-order valence-electron chi connectivity index (χ4n) is 1.77. The molecule has 8 heteroatoms. The zero-order chi connectivity index (χ0) is 13.5. The maximum absolute atomic E-state index is 11.6. The molecule has 2 rings (SSSR count). The molecule has 0 aromatic heterocycles. The molecular weight excluding hydrogens is 282 g/mol. The van der Waals surface area contributed by atoms with Gasteiger partial charge in [-0.25, -0.2) is 4.90 Å². The first-order valence-corrected chi connectivity index (χ1v) is 6.76. The lowest BCUT2D eigenvalue weighted by atomic mass is 10.3. The number of halogens is 1. The van der Waals surface area contributed by atoms with E-state index in [1.54, 1.807) is 0 Å². The van der Waals surface area contributed by atoms with E-state index in [1.807, 2.05) is 0 Å². The molecule has 18 heavy (non-hydrogen) atoms. The summed E-state index contributed by atoms with van der Waals surface area (Å²) >= 11 is 5.70. The fraction of sp³-hybridized carbons (Fsp3) is 0.200. The summed E-state index contributed by atoms with van der Waals surface area (Å²) in [6.45, 7) is 0. The van der Waals surface area contributed by atoms with Gasteiger partial charge in [-0.15, -0.1) is 0 Å². The minimum Gasteiger partial charge on any atom is -0.282 e. The van der Waals surface area contributed by atoms with E-state index in [4.69, 9.17) is 16.2 Å². The Morgan fingerprint density at radius 1 is 1.17 bits per heavy atom. The topological polar surface area (TPSA) is 91.8 Å². The molecule has 0 atom stereocenters. The molecule has 0 spiro atoms. The third-order valence-electron chi connectivity index (χ3n) is 2.50. The number of amides is 2. The van der Waals surface area contributed by atoms with Gasteiger partial charge in [-0.3, -0.25) is 14.1 Å². The van der Waals surface area contributed by atoms with Crippen molar-refractivity contribution < 1.29 is 22.6 Å². The Bertz CT molecular complexity index is 624. The first-order chi connectivity index (χ1) is 8.32. The van der Waals surface area contributed by atoms with Crippen LogP contribution in [0.15, 0.2) is 23.1 Å². The van der Waals surface area contributed by atoms with Crippen LogP contribution in [0.2, 0.25) is 5.02 Å². The van der Waals surface area contributed by atoms with Crippen LogP contribution in [0.1, 0.15) is 12.8 Å². The molecule has 0 radical (unpaired) electrons. The van der Waals surface area contributed by atoms with Crippen LogP contribution < -0.4 is 4.90 Å². The van der Waals surface area contributed by atoms with Crippen LogP contribution in [-0.4, -0.2) is 24.8 Å². The first-order valence-electron chi connectivity index (χ1n) is 4.94. The predicted octanol–water partition coefficient (Wildman–Crippen LogP) is 1.24. The molecule has 1 saturated heterocycles. The van der Waals surface area contributed by atoms with Crippen LogP contribution >= 0.6 is 11.6 Å². The summed E-state index contributed by atoms with van der Waals surface area (Å²) in [7, 11) is -4.63. The van der Waals surface area contributed by atoms with Gasteiger partial charge >= 0.3 is 0 Å². The molecule has 1 N–H and O–H groups in total. The van der Waals surface area contributed by atoms with Crippen LogP contribution in [0.25, 0.3) is 0 Å². The van der Waals surface area contributed by atoms with Gasteiger partial charge in [0.1, 0.15) is 4.90 Å².